The van der Waals surface area contributed by atoms with E-state index in [1.165, 1.54) is 7.11 Å². The molecule has 0 spiro atoms. The van der Waals surface area contributed by atoms with Crippen LogP contribution in [0.5, 0.6) is 17.2 Å². The maximum absolute atomic E-state index is 12.8. The molecule has 0 radical (unpaired) electrons. The summed E-state index contributed by atoms with van der Waals surface area (Å²) in [5.74, 6) is 1.45. The topological polar surface area (TPSA) is 130 Å². The lowest BCUT2D eigenvalue weighted by Gasteiger charge is -2.27. The van der Waals surface area contributed by atoms with Gasteiger partial charge in [-0.25, -0.2) is 0 Å². The number of rotatable bonds is 7. The van der Waals surface area contributed by atoms with E-state index >= 15 is 0 Å². The predicted molar refractivity (Wildman–Crippen MR) is 122 cm³/mol. The number of hydrogen-bond donors (Lipinski definition) is 2. The lowest BCUT2D eigenvalue weighted by atomic mass is 10.1. The van der Waals surface area contributed by atoms with E-state index in [0.29, 0.717) is 28.5 Å². The lowest BCUT2D eigenvalue weighted by molar-refractivity contribution is -0.191. The van der Waals surface area contributed by atoms with E-state index in [1.54, 1.807) is 25.3 Å². The van der Waals surface area contributed by atoms with Crippen LogP contribution in [0.25, 0.3) is 10.9 Å². The Morgan fingerprint density at radius 3 is 2.36 bits per heavy atom. The Bertz CT molecular complexity index is 1170. The molecule has 1 heterocycles. The van der Waals surface area contributed by atoms with Crippen LogP contribution in [-0.4, -0.2) is 43.4 Å². The van der Waals surface area contributed by atoms with Gasteiger partial charge >= 0.3 is 6.15 Å². The third-order valence-electron chi connectivity index (χ3n) is 4.64. The standard InChI is InChI=1S/C23H27N3O4.CO2/c1-14-11-16(24)21-17(25-14)7-6-8-19(21)30-13-23(2,3)26-22(27)15-9-10-18(28-4)20(12-15)29-5;2-1-3/h6-12H,13H2,1-5H3,(H2,24,25)(H,26,27);. The Balaban J connectivity index is 0.00000122. The summed E-state index contributed by atoms with van der Waals surface area (Å²) < 4.78 is 16.5. The lowest BCUT2D eigenvalue weighted by Crippen LogP contribution is -2.47. The summed E-state index contributed by atoms with van der Waals surface area (Å²) in [5, 5.41) is 3.76. The SMILES string of the molecule is COc1ccc(C(=O)NC(C)(C)COc2cccc3nc(C)cc(N)c23)cc1OC.O=C=O. The Morgan fingerprint density at radius 2 is 1.73 bits per heavy atom. The quantitative estimate of drug-likeness (QED) is 0.558. The molecule has 3 N–H and O–H groups in total. The zero-order valence-corrected chi connectivity index (χ0v) is 19.2. The van der Waals surface area contributed by atoms with Crippen LogP contribution in [-0.2, 0) is 9.59 Å². The van der Waals surface area contributed by atoms with Crippen LogP contribution in [0, 0.1) is 6.92 Å². The van der Waals surface area contributed by atoms with E-state index in [-0.39, 0.29) is 18.7 Å². The summed E-state index contributed by atoms with van der Waals surface area (Å²) in [6.07, 6.45) is 0.250. The van der Waals surface area contributed by atoms with Crippen LogP contribution in [0.4, 0.5) is 5.69 Å². The number of aryl methyl sites for hydroxylation is 1. The largest absolute Gasteiger partial charge is 0.493 e. The van der Waals surface area contributed by atoms with Crippen LogP contribution in [0.2, 0.25) is 0 Å². The molecular weight excluding hydrogens is 426 g/mol. The summed E-state index contributed by atoms with van der Waals surface area (Å²) in [6, 6.07) is 12.5. The van der Waals surface area contributed by atoms with Crippen molar-refractivity contribution in [2.45, 2.75) is 26.3 Å². The van der Waals surface area contributed by atoms with Crippen LogP contribution in [0.3, 0.4) is 0 Å². The van der Waals surface area contributed by atoms with Gasteiger partial charge in [-0.1, -0.05) is 6.07 Å². The smallest absolute Gasteiger partial charge is 0.373 e. The van der Waals surface area contributed by atoms with Gasteiger partial charge in [0.25, 0.3) is 5.91 Å². The molecule has 0 aliphatic rings. The van der Waals surface area contributed by atoms with E-state index < -0.39 is 5.54 Å². The number of nitrogen functional groups attached to an aromatic ring is 1. The van der Waals surface area contributed by atoms with Gasteiger partial charge in [-0.2, -0.15) is 9.59 Å². The van der Waals surface area contributed by atoms with Crippen molar-refractivity contribution in [2.75, 3.05) is 26.6 Å². The number of hydrogen-bond acceptors (Lipinski definition) is 8. The average molecular weight is 453 g/mol. The number of nitrogens with two attached hydrogens (primary N) is 1. The number of carbonyl (C=O) groups excluding carboxylic acids is 3. The first-order chi connectivity index (χ1) is 15.6. The Morgan fingerprint density at radius 1 is 1.06 bits per heavy atom. The van der Waals surface area contributed by atoms with Gasteiger partial charge in [-0.15, -0.1) is 0 Å². The molecule has 0 aliphatic carbocycles. The number of nitrogens with zero attached hydrogens (tertiary/aromatic N) is 1. The highest BCUT2D eigenvalue weighted by atomic mass is 16.5. The molecule has 1 amide bonds. The molecule has 33 heavy (non-hydrogen) atoms. The molecular formula is C24H27N3O6. The minimum Gasteiger partial charge on any atom is -0.493 e. The predicted octanol–water partition coefficient (Wildman–Crippen LogP) is 3.15. The van der Waals surface area contributed by atoms with Gasteiger partial charge in [0.05, 0.1) is 30.7 Å². The van der Waals surface area contributed by atoms with Gasteiger partial charge < -0.3 is 25.3 Å². The van der Waals surface area contributed by atoms with E-state index in [2.05, 4.69) is 10.3 Å². The zero-order valence-electron chi connectivity index (χ0n) is 19.2. The number of ether oxygens (including phenoxy) is 3. The summed E-state index contributed by atoms with van der Waals surface area (Å²) in [6.45, 7) is 5.93. The fraction of sp³-hybridized carbons (Fsp3) is 0.292. The third-order valence-corrected chi connectivity index (χ3v) is 4.64. The highest BCUT2D eigenvalue weighted by Crippen LogP contribution is 2.31. The fourth-order valence-corrected chi connectivity index (χ4v) is 3.19. The number of pyridine rings is 1. The van der Waals surface area contributed by atoms with Crippen molar-refractivity contribution >= 4 is 28.6 Å². The van der Waals surface area contributed by atoms with Crippen LogP contribution < -0.4 is 25.3 Å². The first-order valence-electron chi connectivity index (χ1n) is 9.98. The van der Waals surface area contributed by atoms with Crippen LogP contribution >= 0.6 is 0 Å². The van der Waals surface area contributed by atoms with Crippen molar-refractivity contribution < 1.29 is 28.6 Å². The number of benzene rings is 2. The number of aromatic nitrogens is 1. The Hall–Kier alpha value is -4.10. The van der Waals surface area contributed by atoms with Gasteiger partial charge in [-0.3, -0.25) is 9.78 Å². The van der Waals surface area contributed by atoms with E-state index in [0.717, 1.165) is 16.6 Å². The first-order valence-corrected chi connectivity index (χ1v) is 9.98. The number of anilines is 1. The summed E-state index contributed by atoms with van der Waals surface area (Å²) in [7, 11) is 3.08. The summed E-state index contributed by atoms with van der Waals surface area (Å²) in [5.41, 5.74) is 8.25. The minimum atomic E-state index is -0.640. The van der Waals surface area contributed by atoms with Crippen molar-refractivity contribution in [1.29, 1.82) is 0 Å². The number of carbonyl (C=O) groups is 1. The molecule has 3 rings (SSSR count). The Kier molecular flexibility index (Phi) is 8.36. The molecule has 9 nitrogen and oxygen atoms in total. The maximum atomic E-state index is 12.8. The zero-order chi connectivity index (χ0) is 24.6. The number of fused-ring (bicyclic) bond motifs is 1. The fourth-order valence-electron chi connectivity index (χ4n) is 3.19. The van der Waals surface area contributed by atoms with Crippen molar-refractivity contribution in [3.05, 3.63) is 53.7 Å². The summed E-state index contributed by atoms with van der Waals surface area (Å²) in [4.78, 5) is 33.5. The van der Waals surface area contributed by atoms with Gasteiger partial charge in [-0.05, 0) is 57.2 Å². The molecule has 0 unspecified atom stereocenters. The number of nitrogens with one attached hydrogen (secondary N) is 1. The molecule has 0 atom stereocenters. The normalized spacial score (nSPS) is 10.5. The molecule has 2 aromatic carbocycles. The van der Waals surface area contributed by atoms with Gasteiger partial charge in [0.15, 0.2) is 11.5 Å². The third kappa shape index (κ3) is 6.44. The van der Waals surface area contributed by atoms with Crippen molar-refractivity contribution in [1.82, 2.24) is 10.3 Å². The maximum Gasteiger partial charge on any atom is 0.373 e. The second-order valence-electron chi connectivity index (χ2n) is 7.78. The molecule has 0 saturated heterocycles. The van der Waals surface area contributed by atoms with Crippen LogP contribution in [0.1, 0.15) is 29.9 Å². The second-order valence-corrected chi connectivity index (χ2v) is 7.78. The summed E-state index contributed by atoms with van der Waals surface area (Å²) >= 11 is 0. The van der Waals surface area contributed by atoms with Gasteiger partial charge in [0.1, 0.15) is 12.4 Å². The second kappa shape index (κ2) is 11.0. The average Bonchev–Trinajstić information content (AvgIpc) is 2.77. The highest BCUT2D eigenvalue weighted by Gasteiger charge is 2.24. The molecule has 174 valence electrons. The van der Waals surface area contributed by atoms with E-state index in [9.17, 15) is 4.79 Å². The monoisotopic (exact) mass is 453 g/mol. The molecule has 3 aromatic rings. The van der Waals surface area contributed by atoms with Crippen molar-refractivity contribution in [3.8, 4) is 17.2 Å². The van der Waals surface area contributed by atoms with Crippen molar-refractivity contribution in [3.63, 3.8) is 0 Å². The van der Waals surface area contributed by atoms with Crippen LogP contribution in [0.15, 0.2) is 42.5 Å². The number of methoxy groups -OCH3 is 2. The molecule has 0 saturated carbocycles. The Labute approximate surface area is 191 Å². The van der Waals surface area contributed by atoms with E-state index in [4.69, 9.17) is 29.5 Å². The highest BCUT2D eigenvalue weighted by molar-refractivity contribution is 5.96. The molecule has 9 heteroatoms. The molecule has 0 aliphatic heterocycles. The van der Waals surface area contributed by atoms with E-state index in [1.807, 2.05) is 45.0 Å². The number of amides is 1. The molecule has 0 bridgehead atoms. The first kappa shape index (κ1) is 25.2. The van der Waals surface area contributed by atoms with Gasteiger partial charge in [0.2, 0.25) is 0 Å². The molecule has 1 aromatic heterocycles. The van der Waals surface area contributed by atoms with Gasteiger partial charge in [0, 0.05) is 16.9 Å². The van der Waals surface area contributed by atoms with Crippen molar-refractivity contribution in [2.24, 2.45) is 0 Å². The minimum absolute atomic E-state index is 0.237. The molecule has 0 fully saturated rings.